The minimum atomic E-state index is -0.104. The Hall–Kier alpha value is -3.99. The molecule has 148 valence electrons. The molecule has 0 saturated heterocycles. The molecule has 0 aliphatic rings. The summed E-state index contributed by atoms with van der Waals surface area (Å²) in [4.78, 5) is 21.0. The molecule has 5 heteroatoms. The second-order valence-electron chi connectivity index (χ2n) is 6.86. The molecule has 1 N–H and O–H groups in total. The van der Waals surface area contributed by atoms with Gasteiger partial charge in [-0.3, -0.25) is 4.79 Å². The van der Waals surface area contributed by atoms with E-state index in [1.807, 2.05) is 73.7 Å². The normalized spacial score (nSPS) is 10.4. The maximum atomic E-state index is 12.4. The number of nitrogens with one attached hydrogen (secondary N) is 1. The van der Waals surface area contributed by atoms with Crippen molar-refractivity contribution in [3.8, 4) is 22.9 Å². The van der Waals surface area contributed by atoms with Crippen molar-refractivity contribution >= 4 is 5.91 Å². The van der Waals surface area contributed by atoms with Crippen molar-refractivity contribution in [3.63, 3.8) is 0 Å². The first-order valence-electron chi connectivity index (χ1n) is 9.67. The minimum Gasteiger partial charge on any atom is -0.424 e. The smallest absolute Gasteiger partial charge is 0.321 e. The number of rotatable bonds is 6. The number of amides is 1. The number of carbonyl (C=O) groups is 1. The van der Waals surface area contributed by atoms with Gasteiger partial charge in [-0.05, 0) is 47.9 Å². The number of nitrogens with zero attached hydrogens (tertiary/aromatic N) is 2. The number of hydrogen-bond donors (Lipinski definition) is 1. The van der Waals surface area contributed by atoms with Crippen LogP contribution in [-0.4, -0.2) is 15.9 Å². The molecule has 0 radical (unpaired) electrons. The predicted octanol–water partition coefficient (Wildman–Crippen LogP) is 5.17. The number of ether oxygens (including phenoxy) is 1. The molecule has 0 atom stereocenters. The van der Waals surface area contributed by atoms with Gasteiger partial charge in [-0.25, -0.2) is 9.97 Å². The van der Waals surface area contributed by atoms with E-state index in [1.165, 1.54) is 0 Å². The van der Waals surface area contributed by atoms with Gasteiger partial charge in [-0.15, -0.1) is 0 Å². The van der Waals surface area contributed by atoms with Gasteiger partial charge < -0.3 is 10.1 Å². The molecule has 1 heterocycles. The lowest BCUT2D eigenvalue weighted by atomic mass is 10.1. The van der Waals surface area contributed by atoms with Crippen LogP contribution in [0, 0.1) is 6.92 Å². The largest absolute Gasteiger partial charge is 0.424 e. The summed E-state index contributed by atoms with van der Waals surface area (Å²) in [6, 6.07) is 25.1. The molecule has 0 unspecified atom stereocenters. The Morgan fingerprint density at radius 2 is 1.50 bits per heavy atom. The summed E-state index contributed by atoms with van der Waals surface area (Å²) < 4.78 is 5.62. The third kappa shape index (κ3) is 4.70. The van der Waals surface area contributed by atoms with Crippen LogP contribution in [0.2, 0.25) is 0 Å². The molecule has 0 spiro atoms. The fourth-order valence-electron chi connectivity index (χ4n) is 3.01. The number of benzene rings is 3. The first kappa shape index (κ1) is 19.3. The van der Waals surface area contributed by atoms with Crippen LogP contribution < -0.4 is 10.1 Å². The van der Waals surface area contributed by atoms with Gasteiger partial charge in [0.25, 0.3) is 5.91 Å². The van der Waals surface area contributed by atoms with Gasteiger partial charge in [0.15, 0.2) is 0 Å². The van der Waals surface area contributed by atoms with Crippen LogP contribution in [0.3, 0.4) is 0 Å². The maximum Gasteiger partial charge on any atom is 0.321 e. The number of aromatic nitrogens is 2. The number of para-hydroxylation sites is 1. The molecular weight excluding hydrogens is 374 g/mol. The monoisotopic (exact) mass is 395 g/mol. The third-order valence-corrected chi connectivity index (χ3v) is 4.76. The second-order valence-corrected chi connectivity index (χ2v) is 6.86. The Morgan fingerprint density at radius 3 is 2.20 bits per heavy atom. The van der Waals surface area contributed by atoms with E-state index in [0.717, 1.165) is 22.3 Å². The first-order chi connectivity index (χ1) is 14.7. The van der Waals surface area contributed by atoms with E-state index in [2.05, 4.69) is 15.3 Å². The standard InChI is InChI=1S/C25H21N3O2/c1-18-7-5-6-8-21(18)15-26-24(29)20-13-11-19(12-14-20)22-16-27-25(28-17-22)30-23-9-3-2-4-10-23/h2-14,16-17H,15H2,1H3,(H,26,29). The van der Waals surface area contributed by atoms with Crippen molar-refractivity contribution in [1.82, 2.24) is 15.3 Å². The molecule has 1 amide bonds. The van der Waals surface area contributed by atoms with Crippen molar-refractivity contribution in [1.29, 1.82) is 0 Å². The fraction of sp³-hybridized carbons (Fsp3) is 0.0800. The Morgan fingerprint density at radius 1 is 0.833 bits per heavy atom. The van der Waals surface area contributed by atoms with Gasteiger partial charge in [0.2, 0.25) is 0 Å². The van der Waals surface area contributed by atoms with Gasteiger partial charge in [0, 0.05) is 30.1 Å². The highest BCUT2D eigenvalue weighted by Gasteiger charge is 2.08. The first-order valence-corrected chi connectivity index (χ1v) is 9.67. The lowest BCUT2D eigenvalue weighted by Crippen LogP contribution is -2.23. The lowest BCUT2D eigenvalue weighted by Gasteiger charge is -2.09. The molecule has 4 aromatic rings. The van der Waals surface area contributed by atoms with Crippen molar-refractivity contribution in [2.75, 3.05) is 0 Å². The molecule has 30 heavy (non-hydrogen) atoms. The van der Waals surface area contributed by atoms with Crippen LogP contribution in [-0.2, 0) is 6.54 Å². The van der Waals surface area contributed by atoms with Gasteiger partial charge in [-0.1, -0.05) is 54.6 Å². The van der Waals surface area contributed by atoms with Gasteiger partial charge >= 0.3 is 6.01 Å². The minimum absolute atomic E-state index is 0.104. The highest BCUT2D eigenvalue weighted by atomic mass is 16.5. The lowest BCUT2D eigenvalue weighted by molar-refractivity contribution is 0.0951. The molecule has 1 aromatic heterocycles. The maximum absolute atomic E-state index is 12.4. The number of hydrogen-bond acceptors (Lipinski definition) is 4. The van der Waals surface area contributed by atoms with Crippen molar-refractivity contribution in [2.24, 2.45) is 0 Å². The van der Waals surface area contributed by atoms with Crippen LogP contribution in [0.15, 0.2) is 91.3 Å². The summed E-state index contributed by atoms with van der Waals surface area (Å²) in [6.07, 6.45) is 3.41. The summed E-state index contributed by atoms with van der Waals surface area (Å²) in [6.45, 7) is 2.54. The Bertz CT molecular complexity index is 1130. The SMILES string of the molecule is Cc1ccccc1CNC(=O)c1ccc(-c2cnc(Oc3ccccc3)nc2)cc1. The predicted molar refractivity (Wildman–Crippen MR) is 116 cm³/mol. The topological polar surface area (TPSA) is 64.1 Å². The molecular formula is C25H21N3O2. The molecule has 0 fully saturated rings. The Labute approximate surface area is 175 Å². The average Bonchev–Trinajstić information content (AvgIpc) is 2.80. The van der Waals surface area contributed by atoms with Gasteiger partial charge in [0.05, 0.1) is 0 Å². The van der Waals surface area contributed by atoms with Crippen LogP contribution >= 0.6 is 0 Å². The van der Waals surface area contributed by atoms with Crippen LogP contribution in [0.5, 0.6) is 11.8 Å². The molecule has 4 rings (SSSR count). The van der Waals surface area contributed by atoms with E-state index in [4.69, 9.17) is 4.74 Å². The molecule has 0 aliphatic carbocycles. The van der Waals surface area contributed by atoms with Crippen LogP contribution in [0.25, 0.3) is 11.1 Å². The van der Waals surface area contributed by atoms with Gasteiger partial charge in [0.1, 0.15) is 5.75 Å². The molecule has 3 aromatic carbocycles. The zero-order valence-corrected chi connectivity index (χ0v) is 16.6. The van der Waals surface area contributed by atoms with Crippen LogP contribution in [0.1, 0.15) is 21.5 Å². The molecule has 5 nitrogen and oxygen atoms in total. The highest BCUT2D eigenvalue weighted by molar-refractivity contribution is 5.94. The Balaban J connectivity index is 1.39. The summed E-state index contributed by atoms with van der Waals surface area (Å²) in [5.41, 5.74) is 4.65. The second kappa shape index (κ2) is 9.01. The summed E-state index contributed by atoms with van der Waals surface area (Å²) in [5.74, 6) is 0.582. The third-order valence-electron chi connectivity index (χ3n) is 4.76. The van der Waals surface area contributed by atoms with Crippen LogP contribution in [0.4, 0.5) is 0 Å². The average molecular weight is 395 g/mol. The van der Waals surface area contributed by atoms with E-state index in [9.17, 15) is 4.79 Å². The fourth-order valence-corrected chi connectivity index (χ4v) is 3.01. The van der Waals surface area contributed by atoms with E-state index in [1.54, 1.807) is 24.5 Å². The number of aryl methyl sites for hydroxylation is 1. The zero-order valence-electron chi connectivity index (χ0n) is 16.6. The summed E-state index contributed by atoms with van der Waals surface area (Å²) >= 11 is 0. The van der Waals surface area contributed by atoms with Crippen molar-refractivity contribution < 1.29 is 9.53 Å². The van der Waals surface area contributed by atoms with E-state index in [-0.39, 0.29) is 11.9 Å². The quantitative estimate of drug-likeness (QED) is 0.489. The molecule has 0 aliphatic heterocycles. The van der Waals surface area contributed by atoms with Crippen molar-refractivity contribution in [3.05, 3.63) is 108 Å². The van der Waals surface area contributed by atoms with E-state index >= 15 is 0 Å². The summed E-state index contributed by atoms with van der Waals surface area (Å²) in [5, 5.41) is 2.97. The van der Waals surface area contributed by atoms with E-state index < -0.39 is 0 Å². The molecule has 0 saturated carbocycles. The summed E-state index contributed by atoms with van der Waals surface area (Å²) in [7, 11) is 0. The van der Waals surface area contributed by atoms with Crippen molar-refractivity contribution in [2.45, 2.75) is 13.5 Å². The molecule has 0 bridgehead atoms. The van der Waals surface area contributed by atoms with Gasteiger partial charge in [-0.2, -0.15) is 0 Å². The Kier molecular flexibility index (Phi) is 5.80. The highest BCUT2D eigenvalue weighted by Crippen LogP contribution is 2.21. The zero-order chi connectivity index (χ0) is 20.8. The van der Waals surface area contributed by atoms with E-state index in [0.29, 0.717) is 17.9 Å². The number of carbonyl (C=O) groups excluding carboxylic acids is 1.